The molecule has 23 heavy (non-hydrogen) atoms. The first-order valence-corrected chi connectivity index (χ1v) is 8.12. The lowest BCUT2D eigenvalue weighted by Crippen LogP contribution is -2.39. The number of rotatable bonds is 10. The van der Waals surface area contributed by atoms with Gasteiger partial charge in [0.25, 0.3) is 0 Å². The van der Waals surface area contributed by atoms with Crippen LogP contribution in [0.4, 0.5) is 0 Å². The maximum atomic E-state index is 10.2. The van der Waals surface area contributed by atoms with Crippen LogP contribution in [0.3, 0.4) is 0 Å². The fourth-order valence-electron chi connectivity index (χ4n) is 2.30. The first-order valence-electron chi connectivity index (χ1n) is 8.12. The van der Waals surface area contributed by atoms with Crippen LogP contribution in [0.15, 0.2) is 18.2 Å². The number of aliphatic hydroxyl groups is 1. The molecule has 5 heteroatoms. The van der Waals surface area contributed by atoms with Crippen LogP contribution in [-0.4, -0.2) is 55.6 Å². The van der Waals surface area contributed by atoms with Crippen molar-refractivity contribution in [3.63, 3.8) is 0 Å². The molecule has 0 bridgehead atoms. The molecule has 1 aromatic carbocycles. The molecule has 1 atom stereocenters. The van der Waals surface area contributed by atoms with Crippen molar-refractivity contribution in [1.29, 1.82) is 0 Å². The molecule has 0 saturated heterocycles. The number of hydrogen-bond acceptors (Lipinski definition) is 5. The molecule has 0 heterocycles. The van der Waals surface area contributed by atoms with Crippen molar-refractivity contribution < 1.29 is 19.3 Å². The van der Waals surface area contributed by atoms with Gasteiger partial charge < -0.3 is 19.3 Å². The van der Waals surface area contributed by atoms with Crippen LogP contribution in [0.5, 0.6) is 11.5 Å². The van der Waals surface area contributed by atoms with Crippen molar-refractivity contribution in [3.8, 4) is 11.5 Å². The van der Waals surface area contributed by atoms with E-state index in [1.807, 2.05) is 32.0 Å². The largest absolute Gasteiger partial charge is 0.493 e. The van der Waals surface area contributed by atoms with Gasteiger partial charge in [-0.25, -0.2) is 0 Å². The minimum absolute atomic E-state index is 0.128. The van der Waals surface area contributed by atoms with Crippen LogP contribution < -0.4 is 9.47 Å². The Kier molecular flexibility index (Phi) is 8.37. The Morgan fingerprint density at radius 2 is 1.70 bits per heavy atom. The van der Waals surface area contributed by atoms with E-state index in [2.05, 4.69) is 18.7 Å². The van der Waals surface area contributed by atoms with Crippen molar-refractivity contribution in [2.24, 2.45) is 0 Å². The maximum Gasteiger partial charge on any atom is 0.161 e. The zero-order chi connectivity index (χ0) is 17.4. The van der Waals surface area contributed by atoms with Gasteiger partial charge in [0, 0.05) is 19.1 Å². The Balaban J connectivity index is 2.72. The molecule has 132 valence electrons. The number of methoxy groups -OCH3 is 2. The van der Waals surface area contributed by atoms with Gasteiger partial charge in [-0.1, -0.05) is 6.07 Å². The minimum atomic E-state index is -0.500. The highest BCUT2D eigenvalue weighted by Crippen LogP contribution is 2.28. The van der Waals surface area contributed by atoms with E-state index in [-0.39, 0.29) is 6.10 Å². The van der Waals surface area contributed by atoms with Crippen LogP contribution in [-0.2, 0) is 11.3 Å². The maximum absolute atomic E-state index is 10.2. The Labute approximate surface area is 140 Å². The molecule has 0 aliphatic carbocycles. The Hall–Kier alpha value is -1.30. The molecule has 0 aliphatic heterocycles. The van der Waals surface area contributed by atoms with E-state index in [1.54, 1.807) is 14.2 Å². The van der Waals surface area contributed by atoms with Crippen molar-refractivity contribution >= 4 is 0 Å². The van der Waals surface area contributed by atoms with E-state index in [9.17, 15) is 5.11 Å². The summed E-state index contributed by atoms with van der Waals surface area (Å²) in [5, 5.41) is 10.2. The molecule has 0 unspecified atom stereocenters. The van der Waals surface area contributed by atoms with Crippen LogP contribution in [0.1, 0.15) is 33.3 Å². The molecular weight excluding hydrogens is 294 g/mol. The van der Waals surface area contributed by atoms with Gasteiger partial charge in [0.05, 0.1) is 33.0 Å². The monoisotopic (exact) mass is 325 g/mol. The third-order valence-electron chi connectivity index (χ3n) is 3.63. The zero-order valence-corrected chi connectivity index (χ0v) is 15.2. The number of aliphatic hydroxyl groups excluding tert-OH is 1. The number of ether oxygens (including phenoxy) is 3. The molecule has 0 aromatic heterocycles. The first-order chi connectivity index (χ1) is 10.9. The van der Waals surface area contributed by atoms with Gasteiger partial charge in [0.15, 0.2) is 11.5 Å². The van der Waals surface area contributed by atoms with E-state index in [1.165, 1.54) is 0 Å². The molecule has 0 aliphatic rings. The van der Waals surface area contributed by atoms with Crippen molar-refractivity contribution in [1.82, 2.24) is 4.90 Å². The highest BCUT2D eigenvalue weighted by Gasteiger charge is 2.17. The smallest absolute Gasteiger partial charge is 0.161 e. The lowest BCUT2D eigenvalue weighted by Gasteiger charge is -2.29. The average Bonchev–Trinajstić information content (AvgIpc) is 2.51. The minimum Gasteiger partial charge on any atom is -0.493 e. The van der Waals surface area contributed by atoms with Crippen molar-refractivity contribution in [2.45, 2.75) is 52.5 Å². The van der Waals surface area contributed by atoms with Gasteiger partial charge in [0.1, 0.15) is 0 Å². The Morgan fingerprint density at radius 3 is 2.22 bits per heavy atom. The quantitative estimate of drug-likeness (QED) is 0.717. The molecule has 1 N–H and O–H groups in total. The van der Waals surface area contributed by atoms with Crippen LogP contribution >= 0.6 is 0 Å². The second-order valence-electron chi connectivity index (χ2n) is 6.25. The van der Waals surface area contributed by atoms with Gasteiger partial charge in [-0.3, -0.25) is 4.90 Å². The lowest BCUT2D eigenvalue weighted by atomic mass is 10.1. The van der Waals surface area contributed by atoms with E-state index >= 15 is 0 Å². The molecule has 0 saturated carbocycles. The normalized spacial score (nSPS) is 13.0. The third kappa shape index (κ3) is 6.77. The lowest BCUT2D eigenvalue weighted by molar-refractivity contribution is -0.0136. The van der Waals surface area contributed by atoms with Gasteiger partial charge >= 0.3 is 0 Å². The summed E-state index contributed by atoms with van der Waals surface area (Å²) in [6, 6.07) is 6.22. The predicted molar refractivity (Wildman–Crippen MR) is 92.2 cm³/mol. The van der Waals surface area contributed by atoms with E-state index in [4.69, 9.17) is 14.2 Å². The molecule has 0 fully saturated rings. The standard InChI is InChI=1S/C18H31NO4/c1-13(2)19(11-16(20)12-23-14(3)4)10-15-7-8-17(21-5)18(9-15)22-6/h7-9,13-14,16,20H,10-12H2,1-6H3/t16-/m1/s1. The van der Waals surface area contributed by atoms with Crippen LogP contribution in [0, 0.1) is 0 Å². The predicted octanol–water partition coefficient (Wildman–Crippen LogP) is 2.70. The molecule has 5 nitrogen and oxygen atoms in total. The highest BCUT2D eigenvalue weighted by molar-refractivity contribution is 5.42. The molecule has 1 aromatic rings. The number of hydrogen-bond donors (Lipinski definition) is 1. The number of nitrogens with zero attached hydrogens (tertiary/aromatic N) is 1. The SMILES string of the molecule is COc1ccc(CN(C[C@@H](O)COC(C)C)C(C)C)cc1OC. The summed E-state index contributed by atoms with van der Waals surface area (Å²) in [5.41, 5.74) is 1.12. The van der Waals surface area contributed by atoms with Crippen molar-refractivity contribution in [3.05, 3.63) is 23.8 Å². The summed E-state index contributed by atoms with van der Waals surface area (Å²) in [4.78, 5) is 2.22. The van der Waals surface area contributed by atoms with Crippen LogP contribution in [0.2, 0.25) is 0 Å². The van der Waals surface area contributed by atoms with E-state index in [0.717, 1.165) is 23.6 Å². The summed E-state index contributed by atoms with van der Waals surface area (Å²) >= 11 is 0. The fraction of sp³-hybridized carbons (Fsp3) is 0.667. The highest BCUT2D eigenvalue weighted by atomic mass is 16.5. The fourth-order valence-corrected chi connectivity index (χ4v) is 2.30. The Bertz CT molecular complexity index is 462. The third-order valence-corrected chi connectivity index (χ3v) is 3.63. The van der Waals surface area contributed by atoms with Crippen LogP contribution in [0.25, 0.3) is 0 Å². The summed E-state index contributed by atoms with van der Waals surface area (Å²) in [6.45, 7) is 9.84. The van der Waals surface area contributed by atoms with Gasteiger partial charge in [0.2, 0.25) is 0 Å². The molecule has 1 rings (SSSR count). The van der Waals surface area contributed by atoms with E-state index < -0.39 is 6.10 Å². The summed E-state index contributed by atoms with van der Waals surface area (Å²) in [5.74, 6) is 1.44. The topological polar surface area (TPSA) is 51.2 Å². The van der Waals surface area contributed by atoms with Gasteiger partial charge in [-0.05, 0) is 45.4 Å². The second-order valence-corrected chi connectivity index (χ2v) is 6.25. The second kappa shape index (κ2) is 9.75. The molecular formula is C18H31NO4. The average molecular weight is 325 g/mol. The zero-order valence-electron chi connectivity index (χ0n) is 15.2. The van der Waals surface area contributed by atoms with Crippen molar-refractivity contribution in [2.75, 3.05) is 27.4 Å². The molecule has 0 spiro atoms. The first kappa shape index (κ1) is 19.7. The Morgan fingerprint density at radius 1 is 1.04 bits per heavy atom. The van der Waals surface area contributed by atoms with Gasteiger partial charge in [-0.2, -0.15) is 0 Å². The van der Waals surface area contributed by atoms with Gasteiger partial charge in [-0.15, -0.1) is 0 Å². The summed E-state index contributed by atoms with van der Waals surface area (Å²) < 4.78 is 16.1. The molecule has 0 radical (unpaired) electrons. The summed E-state index contributed by atoms with van der Waals surface area (Å²) in [7, 11) is 3.26. The number of benzene rings is 1. The summed E-state index contributed by atoms with van der Waals surface area (Å²) in [6.07, 6.45) is -0.372. The molecule has 0 amide bonds. The van der Waals surface area contributed by atoms with E-state index in [0.29, 0.717) is 19.2 Å².